The molecule has 1 atom stereocenters. The lowest BCUT2D eigenvalue weighted by Gasteiger charge is -2.15. The summed E-state index contributed by atoms with van der Waals surface area (Å²) in [5.41, 5.74) is 2.29. The lowest BCUT2D eigenvalue weighted by atomic mass is 10.0. The van der Waals surface area contributed by atoms with E-state index in [1.807, 2.05) is 32.2 Å². The second-order valence-electron chi connectivity index (χ2n) is 4.37. The summed E-state index contributed by atoms with van der Waals surface area (Å²) in [6.07, 6.45) is 1.87. The van der Waals surface area contributed by atoms with Gasteiger partial charge in [0, 0.05) is 28.6 Å². The first-order valence-electron chi connectivity index (χ1n) is 6.00. The first-order valence-corrected chi connectivity index (χ1v) is 7.26. The normalized spacial score (nSPS) is 12.6. The smallest absolute Gasteiger partial charge is 0.0943 e. The minimum Gasteiger partial charge on any atom is -0.316 e. The van der Waals surface area contributed by atoms with Crippen molar-refractivity contribution in [2.24, 2.45) is 0 Å². The van der Waals surface area contributed by atoms with Crippen LogP contribution in [0.2, 0.25) is 5.02 Å². The van der Waals surface area contributed by atoms with Crippen molar-refractivity contribution in [2.45, 2.75) is 25.8 Å². The Morgan fingerprint density at radius 1 is 1.33 bits per heavy atom. The molecule has 18 heavy (non-hydrogen) atoms. The van der Waals surface area contributed by atoms with Crippen molar-refractivity contribution >= 4 is 22.9 Å². The molecule has 0 saturated carbocycles. The van der Waals surface area contributed by atoms with E-state index in [0.717, 1.165) is 23.6 Å². The quantitative estimate of drug-likeness (QED) is 0.907. The van der Waals surface area contributed by atoms with Gasteiger partial charge in [0.2, 0.25) is 0 Å². The molecule has 0 amide bonds. The molecule has 4 heteroatoms. The van der Waals surface area contributed by atoms with Crippen molar-refractivity contribution in [1.82, 2.24) is 10.3 Å². The molecular formula is C14H17ClN2S. The average Bonchev–Trinajstić information content (AvgIpc) is 2.76. The van der Waals surface area contributed by atoms with Crippen LogP contribution in [0.5, 0.6) is 0 Å². The Balaban J connectivity index is 2.04. The maximum atomic E-state index is 6.19. The third-order valence-electron chi connectivity index (χ3n) is 2.92. The van der Waals surface area contributed by atoms with Gasteiger partial charge in [-0.05, 0) is 32.0 Å². The minimum atomic E-state index is 0.371. The van der Waals surface area contributed by atoms with Crippen molar-refractivity contribution in [2.75, 3.05) is 7.05 Å². The summed E-state index contributed by atoms with van der Waals surface area (Å²) < 4.78 is 0. The molecule has 0 spiro atoms. The number of hydrogen-bond donors (Lipinski definition) is 1. The minimum absolute atomic E-state index is 0.371. The van der Waals surface area contributed by atoms with Crippen LogP contribution in [0.1, 0.15) is 16.3 Å². The number of nitrogens with one attached hydrogen (secondary N) is 1. The Morgan fingerprint density at radius 2 is 2.11 bits per heavy atom. The van der Waals surface area contributed by atoms with Crippen LogP contribution in [0.25, 0.3) is 0 Å². The van der Waals surface area contributed by atoms with Gasteiger partial charge >= 0.3 is 0 Å². The predicted octanol–water partition coefficient (Wildman–Crippen LogP) is 3.48. The third kappa shape index (κ3) is 3.55. The molecule has 0 aliphatic heterocycles. The molecule has 1 unspecified atom stereocenters. The first-order chi connectivity index (χ1) is 8.69. The number of hydrogen-bond acceptors (Lipinski definition) is 3. The fraction of sp³-hybridized carbons (Fsp3) is 0.357. The van der Waals surface area contributed by atoms with Crippen LogP contribution in [-0.2, 0) is 12.8 Å². The van der Waals surface area contributed by atoms with Gasteiger partial charge in [-0.2, -0.15) is 0 Å². The molecule has 0 fully saturated rings. The molecule has 1 N–H and O–H groups in total. The third-order valence-corrected chi connectivity index (χ3v) is 4.28. The van der Waals surface area contributed by atoms with E-state index in [1.54, 1.807) is 11.3 Å². The van der Waals surface area contributed by atoms with Gasteiger partial charge in [-0.25, -0.2) is 4.98 Å². The number of nitrogens with zero attached hydrogens (tertiary/aromatic N) is 1. The summed E-state index contributed by atoms with van der Waals surface area (Å²) in [5, 5.41) is 7.46. The Labute approximate surface area is 117 Å². The van der Waals surface area contributed by atoms with Crippen molar-refractivity contribution in [3.05, 3.63) is 50.9 Å². The van der Waals surface area contributed by atoms with Crippen LogP contribution in [-0.4, -0.2) is 18.1 Å². The second kappa shape index (κ2) is 6.32. The van der Waals surface area contributed by atoms with Crippen LogP contribution in [0.4, 0.5) is 0 Å². The highest BCUT2D eigenvalue weighted by Gasteiger charge is 2.12. The number of rotatable bonds is 5. The molecule has 2 aromatic rings. The molecule has 1 heterocycles. The van der Waals surface area contributed by atoms with Crippen LogP contribution >= 0.6 is 22.9 Å². The van der Waals surface area contributed by atoms with E-state index in [4.69, 9.17) is 11.6 Å². The van der Waals surface area contributed by atoms with E-state index >= 15 is 0 Å². The monoisotopic (exact) mass is 280 g/mol. The number of benzene rings is 1. The Bertz CT molecular complexity index is 510. The van der Waals surface area contributed by atoms with Crippen molar-refractivity contribution in [1.29, 1.82) is 0 Å². The summed E-state index contributed by atoms with van der Waals surface area (Å²) in [5.74, 6) is 0. The molecule has 2 nitrogen and oxygen atoms in total. The van der Waals surface area contributed by atoms with Gasteiger partial charge in [-0.15, -0.1) is 11.3 Å². The molecule has 0 aliphatic carbocycles. The molecule has 1 aromatic carbocycles. The molecule has 1 aromatic heterocycles. The largest absolute Gasteiger partial charge is 0.316 e. The SMILES string of the molecule is CNC(Cc1nc(C)cs1)Cc1ccccc1Cl. The zero-order valence-corrected chi connectivity index (χ0v) is 12.2. The highest BCUT2D eigenvalue weighted by Crippen LogP contribution is 2.19. The van der Waals surface area contributed by atoms with E-state index in [2.05, 4.69) is 21.7 Å². The highest BCUT2D eigenvalue weighted by molar-refractivity contribution is 7.09. The molecule has 2 rings (SSSR count). The number of thiazole rings is 1. The summed E-state index contributed by atoms with van der Waals surface area (Å²) in [6.45, 7) is 2.03. The topological polar surface area (TPSA) is 24.9 Å². The van der Waals surface area contributed by atoms with E-state index < -0.39 is 0 Å². The molecule has 96 valence electrons. The van der Waals surface area contributed by atoms with Crippen LogP contribution in [0.15, 0.2) is 29.6 Å². The fourth-order valence-electron chi connectivity index (χ4n) is 1.91. The van der Waals surface area contributed by atoms with Gasteiger partial charge in [-0.3, -0.25) is 0 Å². The van der Waals surface area contributed by atoms with Gasteiger partial charge in [0.05, 0.1) is 5.01 Å². The van der Waals surface area contributed by atoms with Crippen molar-refractivity contribution in [3.63, 3.8) is 0 Å². The number of aromatic nitrogens is 1. The van der Waals surface area contributed by atoms with E-state index in [1.165, 1.54) is 10.6 Å². The standard InChI is InChI=1S/C14H17ClN2S/c1-10-9-18-14(17-10)8-12(16-2)7-11-5-3-4-6-13(11)15/h3-6,9,12,16H,7-8H2,1-2H3. The van der Waals surface area contributed by atoms with Crippen LogP contribution in [0, 0.1) is 6.92 Å². The lowest BCUT2D eigenvalue weighted by Crippen LogP contribution is -2.30. The summed E-state index contributed by atoms with van der Waals surface area (Å²) >= 11 is 7.92. The van der Waals surface area contributed by atoms with Gasteiger partial charge in [-0.1, -0.05) is 29.8 Å². The van der Waals surface area contributed by atoms with E-state index in [-0.39, 0.29) is 0 Å². The second-order valence-corrected chi connectivity index (χ2v) is 5.72. The molecule has 0 bridgehead atoms. The number of halogens is 1. The zero-order chi connectivity index (χ0) is 13.0. The number of likely N-dealkylation sites (N-methyl/N-ethyl adjacent to an activating group) is 1. The first kappa shape index (κ1) is 13.5. The van der Waals surface area contributed by atoms with Crippen LogP contribution < -0.4 is 5.32 Å². The van der Waals surface area contributed by atoms with E-state index in [9.17, 15) is 0 Å². The maximum Gasteiger partial charge on any atom is 0.0943 e. The Hall–Kier alpha value is -0.900. The summed E-state index contributed by atoms with van der Waals surface area (Å²) in [6, 6.07) is 8.39. The van der Waals surface area contributed by atoms with Crippen molar-refractivity contribution in [3.8, 4) is 0 Å². The summed E-state index contributed by atoms with van der Waals surface area (Å²) in [4.78, 5) is 4.51. The van der Waals surface area contributed by atoms with Crippen molar-refractivity contribution < 1.29 is 0 Å². The summed E-state index contributed by atoms with van der Waals surface area (Å²) in [7, 11) is 1.99. The van der Waals surface area contributed by atoms with Gasteiger partial charge in [0.25, 0.3) is 0 Å². The highest BCUT2D eigenvalue weighted by atomic mass is 35.5. The molecule has 0 radical (unpaired) electrons. The molecular weight excluding hydrogens is 264 g/mol. The maximum absolute atomic E-state index is 6.19. The van der Waals surface area contributed by atoms with Gasteiger partial charge in [0.15, 0.2) is 0 Å². The number of aryl methyl sites for hydroxylation is 1. The van der Waals surface area contributed by atoms with Crippen LogP contribution in [0.3, 0.4) is 0 Å². The predicted molar refractivity (Wildman–Crippen MR) is 78.6 cm³/mol. The van der Waals surface area contributed by atoms with E-state index in [0.29, 0.717) is 6.04 Å². The zero-order valence-electron chi connectivity index (χ0n) is 10.6. The molecule has 0 aliphatic rings. The Morgan fingerprint density at radius 3 is 2.72 bits per heavy atom. The fourth-order valence-corrected chi connectivity index (χ4v) is 2.98. The Kier molecular flexibility index (Phi) is 4.75. The molecule has 0 saturated heterocycles. The lowest BCUT2D eigenvalue weighted by molar-refractivity contribution is 0.555. The average molecular weight is 281 g/mol. The van der Waals surface area contributed by atoms with Gasteiger partial charge < -0.3 is 5.32 Å². The van der Waals surface area contributed by atoms with Gasteiger partial charge in [0.1, 0.15) is 0 Å².